The van der Waals surface area contributed by atoms with Gasteiger partial charge in [-0.05, 0) is 6.42 Å². The average Bonchev–Trinajstić information content (AvgIpc) is 2.03. The largest absolute Gasteiger partial charge is 0.349 e. The van der Waals surface area contributed by atoms with Gasteiger partial charge in [-0.15, -0.1) is 0 Å². The van der Waals surface area contributed by atoms with Crippen LogP contribution in [-0.4, -0.2) is 35.9 Å². The standard InChI is InChI=1S/C9H18NOS/c1-5-8(2)12-7-6-9(11)10(3)4/h6,8H,5,7H2,1-4H3. The second-order valence-electron chi connectivity index (χ2n) is 2.99. The van der Waals surface area contributed by atoms with Gasteiger partial charge in [0.2, 0.25) is 5.91 Å². The lowest BCUT2D eigenvalue weighted by Crippen LogP contribution is -2.22. The summed E-state index contributed by atoms with van der Waals surface area (Å²) < 4.78 is 0. The van der Waals surface area contributed by atoms with Crippen molar-refractivity contribution in [2.45, 2.75) is 25.5 Å². The first kappa shape index (κ1) is 11.8. The van der Waals surface area contributed by atoms with Gasteiger partial charge in [0.05, 0.1) is 6.42 Å². The Balaban J connectivity index is 3.37. The van der Waals surface area contributed by atoms with Crippen molar-refractivity contribution in [1.82, 2.24) is 4.90 Å². The van der Waals surface area contributed by atoms with E-state index in [1.807, 2.05) is 11.8 Å². The van der Waals surface area contributed by atoms with Crippen molar-refractivity contribution < 1.29 is 4.79 Å². The zero-order valence-corrected chi connectivity index (χ0v) is 9.15. The molecule has 0 N–H and O–H groups in total. The van der Waals surface area contributed by atoms with Crippen molar-refractivity contribution in [1.29, 1.82) is 0 Å². The van der Waals surface area contributed by atoms with Crippen LogP contribution in [0.5, 0.6) is 0 Å². The van der Waals surface area contributed by atoms with Crippen LogP contribution >= 0.6 is 11.8 Å². The van der Waals surface area contributed by atoms with Crippen molar-refractivity contribution in [3.8, 4) is 0 Å². The molecule has 0 aromatic rings. The van der Waals surface area contributed by atoms with Crippen molar-refractivity contribution in [3.05, 3.63) is 6.42 Å². The molecule has 0 aromatic carbocycles. The Morgan fingerprint density at radius 1 is 1.58 bits per heavy atom. The molecule has 0 saturated carbocycles. The summed E-state index contributed by atoms with van der Waals surface area (Å²) in [6, 6.07) is 0. The molecule has 0 fully saturated rings. The number of hydrogen-bond donors (Lipinski definition) is 0. The highest BCUT2D eigenvalue weighted by Gasteiger charge is 2.05. The van der Waals surface area contributed by atoms with Crippen molar-refractivity contribution in [2.24, 2.45) is 0 Å². The first-order valence-electron chi connectivity index (χ1n) is 4.24. The van der Waals surface area contributed by atoms with Gasteiger partial charge in [0.1, 0.15) is 0 Å². The number of carbonyl (C=O) groups is 1. The zero-order chi connectivity index (χ0) is 9.56. The number of rotatable bonds is 5. The van der Waals surface area contributed by atoms with E-state index >= 15 is 0 Å². The Kier molecular flexibility index (Phi) is 6.25. The second-order valence-corrected chi connectivity index (χ2v) is 4.46. The minimum Gasteiger partial charge on any atom is -0.349 e. The van der Waals surface area contributed by atoms with Crippen molar-refractivity contribution >= 4 is 17.7 Å². The summed E-state index contributed by atoms with van der Waals surface area (Å²) in [6.07, 6.45) is 2.89. The number of carbonyl (C=O) groups excluding carboxylic acids is 1. The van der Waals surface area contributed by atoms with E-state index in [0.29, 0.717) is 5.25 Å². The highest BCUT2D eigenvalue weighted by atomic mass is 32.2. The van der Waals surface area contributed by atoms with Crippen LogP contribution < -0.4 is 0 Å². The number of amides is 1. The molecular weight excluding hydrogens is 170 g/mol. The molecule has 3 heteroatoms. The van der Waals surface area contributed by atoms with E-state index in [9.17, 15) is 4.79 Å². The molecule has 1 atom stereocenters. The summed E-state index contributed by atoms with van der Waals surface area (Å²) in [4.78, 5) is 12.7. The van der Waals surface area contributed by atoms with Crippen LogP contribution in [0.25, 0.3) is 0 Å². The first-order chi connectivity index (χ1) is 5.57. The smallest absolute Gasteiger partial charge is 0.226 e. The molecule has 12 heavy (non-hydrogen) atoms. The van der Waals surface area contributed by atoms with Crippen molar-refractivity contribution in [2.75, 3.05) is 19.8 Å². The third kappa shape index (κ3) is 5.47. The monoisotopic (exact) mass is 188 g/mol. The van der Waals surface area contributed by atoms with Crippen LogP contribution in [0.4, 0.5) is 0 Å². The summed E-state index contributed by atoms with van der Waals surface area (Å²) >= 11 is 1.82. The lowest BCUT2D eigenvalue weighted by molar-refractivity contribution is -0.124. The third-order valence-electron chi connectivity index (χ3n) is 1.65. The van der Waals surface area contributed by atoms with Gasteiger partial charge in [0.15, 0.2) is 0 Å². The lowest BCUT2D eigenvalue weighted by Gasteiger charge is -2.11. The molecule has 0 rings (SSSR count). The van der Waals surface area contributed by atoms with E-state index in [2.05, 4.69) is 13.8 Å². The molecule has 0 aliphatic rings. The Bertz CT molecular complexity index is 136. The van der Waals surface area contributed by atoms with Crippen molar-refractivity contribution in [3.63, 3.8) is 0 Å². The molecule has 71 valence electrons. The van der Waals surface area contributed by atoms with Crippen LogP contribution in [0.1, 0.15) is 20.3 Å². The van der Waals surface area contributed by atoms with Gasteiger partial charge in [-0.2, -0.15) is 11.8 Å². The maximum Gasteiger partial charge on any atom is 0.226 e. The van der Waals surface area contributed by atoms with Crippen LogP contribution in [0.15, 0.2) is 0 Å². The summed E-state index contributed by atoms with van der Waals surface area (Å²) in [5.74, 6) is 0.928. The minimum absolute atomic E-state index is 0.103. The molecule has 0 heterocycles. The lowest BCUT2D eigenvalue weighted by atomic mass is 10.4. The van der Waals surface area contributed by atoms with E-state index in [1.165, 1.54) is 0 Å². The molecule has 1 unspecified atom stereocenters. The maximum absolute atomic E-state index is 11.1. The molecule has 0 aliphatic carbocycles. The highest BCUT2D eigenvalue weighted by molar-refractivity contribution is 8.00. The Morgan fingerprint density at radius 3 is 2.58 bits per heavy atom. The predicted octanol–water partition coefficient (Wildman–Crippen LogP) is 1.81. The van der Waals surface area contributed by atoms with E-state index in [4.69, 9.17) is 0 Å². The molecule has 1 radical (unpaired) electrons. The molecule has 2 nitrogen and oxygen atoms in total. The molecule has 1 amide bonds. The van der Waals surface area contributed by atoms with E-state index in [-0.39, 0.29) is 5.91 Å². The van der Waals surface area contributed by atoms with Crippen LogP contribution in [-0.2, 0) is 4.79 Å². The molecule has 0 bridgehead atoms. The molecule has 0 aromatic heterocycles. The Labute approximate surface area is 79.7 Å². The fourth-order valence-corrected chi connectivity index (χ4v) is 1.39. The third-order valence-corrected chi connectivity index (χ3v) is 2.92. The van der Waals surface area contributed by atoms with Gasteiger partial charge in [0, 0.05) is 25.1 Å². The second kappa shape index (κ2) is 6.35. The summed E-state index contributed by atoms with van der Waals surface area (Å²) in [7, 11) is 3.54. The minimum atomic E-state index is 0.103. The van der Waals surface area contributed by atoms with Gasteiger partial charge in [-0.3, -0.25) is 4.79 Å². The summed E-state index contributed by atoms with van der Waals surface area (Å²) in [5.41, 5.74) is 0. The molecular formula is C9H18NOS. The number of hydrogen-bond acceptors (Lipinski definition) is 2. The van der Waals surface area contributed by atoms with Gasteiger partial charge in [-0.25, -0.2) is 0 Å². The molecule has 0 saturated heterocycles. The predicted molar refractivity (Wildman–Crippen MR) is 55.2 cm³/mol. The van der Waals surface area contributed by atoms with Gasteiger partial charge >= 0.3 is 0 Å². The van der Waals surface area contributed by atoms with Gasteiger partial charge in [-0.1, -0.05) is 13.8 Å². The fraction of sp³-hybridized carbons (Fsp3) is 0.778. The van der Waals surface area contributed by atoms with E-state index < -0.39 is 0 Å². The Morgan fingerprint density at radius 2 is 2.17 bits per heavy atom. The summed E-state index contributed by atoms with van der Waals surface area (Å²) in [6.45, 7) is 4.34. The average molecular weight is 188 g/mol. The first-order valence-corrected chi connectivity index (χ1v) is 5.28. The SMILES string of the molecule is CCC(C)SC[CH]C(=O)N(C)C. The topological polar surface area (TPSA) is 20.3 Å². The zero-order valence-electron chi connectivity index (χ0n) is 8.33. The highest BCUT2D eigenvalue weighted by Crippen LogP contribution is 2.13. The molecule has 0 aliphatic heterocycles. The van der Waals surface area contributed by atoms with Crippen LogP contribution in [0, 0.1) is 6.42 Å². The molecule has 0 spiro atoms. The van der Waals surface area contributed by atoms with Gasteiger partial charge in [0.25, 0.3) is 0 Å². The normalized spacial score (nSPS) is 12.7. The van der Waals surface area contributed by atoms with Gasteiger partial charge < -0.3 is 4.90 Å². The quantitative estimate of drug-likeness (QED) is 0.656. The number of nitrogens with zero attached hydrogens (tertiary/aromatic N) is 1. The van der Waals surface area contributed by atoms with Crippen LogP contribution in [0.2, 0.25) is 0 Å². The summed E-state index contributed by atoms with van der Waals surface area (Å²) in [5, 5.41) is 0.649. The van der Waals surface area contributed by atoms with E-state index in [1.54, 1.807) is 25.4 Å². The van der Waals surface area contributed by atoms with Crippen LogP contribution in [0.3, 0.4) is 0 Å². The number of thioether (sulfide) groups is 1. The van der Waals surface area contributed by atoms with E-state index in [0.717, 1.165) is 12.2 Å². The Hall–Kier alpha value is -0.180. The fourth-order valence-electron chi connectivity index (χ4n) is 0.584. The maximum atomic E-state index is 11.1.